The molecule has 2 heterocycles. The number of hydrogen-bond acceptors (Lipinski definition) is 6. The second-order valence-electron chi connectivity index (χ2n) is 6.73. The van der Waals surface area contributed by atoms with Gasteiger partial charge in [-0.15, -0.1) is 0 Å². The maximum absolute atomic E-state index is 13.0. The number of carbonyl (C=O) groups excluding carboxylic acids is 2. The number of nitro groups is 1. The number of rotatable bonds is 4. The van der Waals surface area contributed by atoms with Crippen LogP contribution in [0.5, 0.6) is 5.75 Å². The Hall–Kier alpha value is -3.49. The van der Waals surface area contributed by atoms with Gasteiger partial charge >= 0.3 is 0 Å². The van der Waals surface area contributed by atoms with E-state index in [0.29, 0.717) is 11.4 Å². The molecule has 3 rings (SSSR count). The highest BCUT2D eigenvalue weighted by atomic mass is 16.6. The number of ketones is 1. The molecule has 2 unspecified atom stereocenters. The van der Waals surface area contributed by atoms with Crippen LogP contribution in [-0.4, -0.2) is 34.3 Å². The summed E-state index contributed by atoms with van der Waals surface area (Å²) in [4.78, 5) is 49.4. The molecule has 146 valence electrons. The molecular formula is C19H19N3O6. The van der Waals surface area contributed by atoms with Crippen molar-refractivity contribution in [3.8, 4) is 5.75 Å². The number of anilines is 1. The lowest BCUT2D eigenvalue weighted by atomic mass is 10.0. The Balaban J connectivity index is 2.01. The van der Waals surface area contributed by atoms with Crippen molar-refractivity contribution < 1.29 is 19.2 Å². The number of nitrogens with zero attached hydrogens (tertiary/aromatic N) is 3. The van der Waals surface area contributed by atoms with Crippen molar-refractivity contribution in [2.75, 3.05) is 11.9 Å². The number of carbonyl (C=O) groups is 2. The van der Waals surface area contributed by atoms with Crippen molar-refractivity contribution in [3.63, 3.8) is 0 Å². The zero-order valence-electron chi connectivity index (χ0n) is 15.8. The Morgan fingerprint density at radius 3 is 2.61 bits per heavy atom. The number of aromatic nitrogens is 1. The summed E-state index contributed by atoms with van der Waals surface area (Å²) in [7, 11) is 1.59. The Bertz CT molecular complexity index is 1060. The molecule has 28 heavy (non-hydrogen) atoms. The second kappa shape index (κ2) is 6.91. The van der Waals surface area contributed by atoms with Gasteiger partial charge in [-0.25, -0.2) is 0 Å². The Kier molecular flexibility index (Phi) is 4.76. The molecule has 0 saturated carbocycles. The van der Waals surface area contributed by atoms with Gasteiger partial charge in [0, 0.05) is 24.2 Å². The molecule has 0 bridgehead atoms. The molecule has 0 saturated heterocycles. The molecule has 2 atom stereocenters. The van der Waals surface area contributed by atoms with E-state index < -0.39 is 28.4 Å². The van der Waals surface area contributed by atoms with E-state index in [1.165, 1.54) is 30.9 Å². The van der Waals surface area contributed by atoms with E-state index in [9.17, 15) is 24.5 Å². The highest BCUT2D eigenvalue weighted by Crippen LogP contribution is 2.34. The van der Waals surface area contributed by atoms with Gasteiger partial charge in [-0.2, -0.15) is 0 Å². The zero-order chi connectivity index (χ0) is 20.7. The minimum Gasteiger partial charge on any atom is -0.479 e. The number of fused-ring (bicyclic) bond motifs is 1. The molecule has 9 heteroatoms. The van der Waals surface area contributed by atoms with Crippen LogP contribution in [-0.2, 0) is 4.79 Å². The Labute approximate surface area is 160 Å². The topological polar surface area (TPSA) is 112 Å². The summed E-state index contributed by atoms with van der Waals surface area (Å²) in [6.07, 6.45) is 0.445. The van der Waals surface area contributed by atoms with Crippen LogP contribution in [0.4, 0.5) is 11.4 Å². The number of hydrogen-bond donors (Lipinski definition) is 0. The average Bonchev–Trinajstić information content (AvgIpc) is 2.66. The van der Waals surface area contributed by atoms with Gasteiger partial charge in [0.2, 0.25) is 0 Å². The predicted molar refractivity (Wildman–Crippen MR) is 101 cm³/mol. The molecule has 2 aromatic rings. The van der Waals surface area contributed by atoms with Crippen LogP contribution in [0, 0.1) is 17.0 Å². The van der Waals surface area contributed by atoms with Crippen LogP contribution >= 0.6 is 0 Å². The van der Waals surface area contributed by atoms with Gasteiger partial charge in [-0.05, 0) is 39.0 Å². The highest BCUT2D eigenvalue weighted by molar-refractivity contribution is 6.03. The fourth-order valence-corrected chi connectivity index (χ4v) is 3.15. The third-order valence-corrected chi connectivity index (χ3v) is 4.80. The molecule has 1 aliphatic heterocycles. The summed E-state index contributed by atoms with van der Waals surface area (Å²) in [5.41, 5.74) is 0.139. The number of pyridine rings is 1. The quantitative estimate of drug-likeness (QED) is 0.453. The second-order valence-corrected chi connectivity index (χ2v) is 6.73. The first-order chi connectivity index (χ1) is 13.1. The average molecular weight is 385 g/mol. The van der Waals surface area contributed by atoms with Crippen LogP contribution < -0.4 is 15.2 Å². The van der Waals surface area contributed by atoms with E-state index in [4.69, 9.17) is 4.74 Å². The lowest BCUT2D eigenvalue weighted by Crippen LogP contribution is -2.42. The van der Waals surface area contributed by atoms with Crippen LogP contribution in [0.3, 0.4) is 0 Å². The normalized spacial score (nSPS) is 16.9. The number of aryl methyl sites for hydroxylation is 1. The van der Waals surface area contributed by atoms with E-state index in [0.717, 1.165) is 10.8 Å². The van der Waals surface area contributed by atoms with E-state index in [1.807, 2.05) is 0 Å². The molecule has 9 nitrogen and oxygen atoms in total. The van der Waals surface area contributed by atoms with Gasteiger partial charge < -0.3 is 9.64 Å². The van der Waals surface area contributed by atoms with Gasteiger partial charge in [-0.3, -0.25) is 29.1 Å². The molecule has 0 spiro atoms. The number of Topliss-reactive ketones (excluding diaryl/α,β-unsaturated/α-hetero) is 1. The van der Waals surface area contributed by atoms with Crippen molar-refractivity contribution in [2.24, 2.45) is 0 Å². The molecule has 0 radical (unpaired) electrons. The zero-order valence-corrected chi connectivity index (χ0v) is 15.8. The first kappa shape index (κ1) is 19.3. The summed E-state index contributed by atoms with van der Waals surface area (Å²) in [5, 5.41) is 11.1. The van der Waals surface area contributed by atoms with Gasteiger partial charge in [0.15, 0.2) is 11.9 Å². The van der Waals surface area contributed by atoms with Gasteiger partial charge in [0.05, 0.1) is 22.8 Å². The smallest absolute Gasteiger partial charge is 0.286 e. The van der Waals surface area contributed by atoms with Crippen molar-refractivity contribution >= 4 is 23.1 Å². The molecule has 1 aromatic heterocycles. The van der Waals surface area contributed by atoms with E-state index in [-0.39, 0.29) is 22.7 Å². The molecular weight excluding hydrogens is 366 g/mol. The number of likely N-dealkylation sites (N-methyl/N-ethyl adjacent to an activating group) is 1. The van der Waals surface area contributed by atoms with Crippen molar-refractivity contribution in [3.05, 3.63) is 62.1 Å². The standard InChI is InChI=1S/C19H19N3O6/c1-10-7-14(22(26)27)9-21(18(10)24)11(2)17(23)13-5-6-16-15(8-13)20(4)19(25)12(3)28-16/h5-9,11-12H,1-4H3. The maximum Gasteiger partial charge on any atom is 0.286 e. The Morgan fingerprint density at radius 1 is 1.29 bits per heavy atom. The summed E-state index contributed by atoms with van der Waals surface area (Å²) in [5.74, 6) is -0.179. The Morgan fingerprint density at radius 2 is 1.96 bits per heavy atom. The van der Waals surface area contributed by atoms with Crippen LogP contribution in [0.1, 0.15) is 35.8 Å². The minimum absolute atomic E-state index is 0.173. The number of amides is 1. The fourth-order valence-electron chi connectivity index (χ4n) is 3.15. The number of benzene rings is 1. The lowest BCUT2D eigenvalue weighted by Gasteiger charge is -2.30. The van der Waals surface area contributed by atoms with Gasteiger partial charge in [0.25, 0.3) is 17.2 Å². The first-order valence-electron chi connectivity index (χ1n) is 8.61. The summed E-state index contributed by atoms with van der Waals surface area (Å²) >= 11 is 0. The largest absolute Gasteiger partial charge is 0.479 e. The van der Waals surface area contributed by atoms with Crippen molar-refractivity contribution in [1.29, 1.82) is 0 Å². The third kappa shape index (κ3) is 3.15. The molecule has 0 aliphatic carbocycles. The minimum atomic E-state index is -0.964. The molecule has 1 aliphatic rings. The molecule has 1 amide bonds. The van der Waals surface area contributed by atoms with E-state index in [2.05, 4.69) is 0 Å². The summed E-state index contributed by atoms with van der Waals surface area (Å²) in [6, 6.07) is 4.87. The van der Waals surface area contributed by atoms with Crippen molar-refractivity contribution in [2.45, 2.75) is 32.9 Å². The van der Waals surface area contributed by atoms with Gasteiger partial charge in [0.1, 0.15) is 5.75 Å². The molecule has 0 fully saturated rings. The third-order valence-electron chi connectivity index (χ3n) is 4.80. The summed E-state index contributed by atoms with van der Waals surface area (Å²) < 4.78 is 6.60. The van der Waals surface area contributed by atoms with Crippen LogP contribution in [0.15, 0.2) is 35.3 Å². The van der Waals surface area contributed by atoms with Gasteiger partial charge in [-0.1, -0.05) is 0 Å². The number of ether oxygens (including phenoxy) is 1. The lowest BCUT2D eigenvalue weighted by molar-refractivity contribution is -0.385. The first-order valence-corrected chi connectivity index (χ1v) is 8.61. The monoisotopic (exact) mass is 385 g/mol. The predicted octanol–water partition coefficient (Wildman–Crippen LogP) is 2.25. The maximum atomic E-state index is 13.0. The van der Waals surface area contributed by atoms with Crippen LogP contribution in [0.2, 0.25) is 0 Å². The molecule has 0 N–H and O–H groups in total. The highest BCUT2D eigenvalue weighted by Gasteiger charge is 2.30. The van der Waals surface area contributed by atoms with E-state index >= 15 is 0 Å². The summed E-state index contributed by atoms with van der Waals surface area (Å²) in [6.45, 7) is 4.60. The van der Waals surface area contributed by atoms with Crippen molar-refractivity contribution in [1.82, 2.24) is 4.57 Å². The molecule has 1 aromatic carbocycles. The van der Waals surface area contributed by atoms with E-state index in [1.54, 1.807) is 26.1 Å². The van der Waals surface area contributed by atoms with Crippen LogP contribution in [0.25, 0.3) is 0 Å². The fraction of sp³-hybridized carbons (Fsp3) is 0.316. The SMILES string of the molecule is Cc1cc([N+](=O)[O-])cn(C(C)C(=O)c2ccc3c(c2)N(C)C(=O)C(C)O3)c1=O.